The molecule has 1 unspecified atom stereocenters. The number of likely N-dealkylation sites (N-methyl/N-ethyl adjacent to an activating group) is 1. The monoisotopic (exact) mass is 371 g/mol. The highest BCUT2D eigenvalue weighted by Gasteiger charge is 2.29. The molecular formula is C19H17NO5S. The minimum absolute atomic E-state index is 0.150. The van der Waals surface area contributed by atoms with Crippen LogP contribution in [0.1, 0.15) is 5.56 Å². The zero-order chi connectivity index (χ0) is 18.3. The van der Waals surface area contributed by atoms with Crippen LogP contribution in [0, 0.1) is 0 Å². The summed E-state index contributed by atoms with van der Waals surface area (Å²) in [4.78, 5) is 11.4. The molecule has 1 atom stereocenters. The van der Waals surface area contributed by atoms with Crippen molar-refractivity contribution < 1.29 is 17.6 Å². The van der Waals surface area contributed by atoms with Crippen LogP contribution in [-0.4, -0.2) is 32.4 Å². The first kappa shape index (κ1) is 16.8. The number of fused-ring (bicyclic) bond motifs is 2. The van der Waals surface area contributed by atoms with Gasteiger partial charge in [-0.3, -0.25) is 0 Å². The summed E-state index contributed by atoms with van der Waals surface area (Å²) in [7, 11) is -2.14. The van der Waals surface area contributed by atoms with Crippen LogP contribution in [0.3, 0.4) is 0 Å². The molecule has 2 heterocycles. The Morgan fingerprint density at radius 3 is 2.73 bits per heavy atom. The molecular weight excluding hydrogens is 354 g/mol. The zero-order valence-corrected chi connectivity index (χ0v) is 14.9. The first-order chi connectivity index (χ1) is 12.4. The van der Waals surface area contributed by atoms with E-state index in [0.29, 0.717) is 17.4 Å². The predicted octanol–water partition coefficient (Wildman–Crippen LogP) is 2.42. The SMILES string of the molecule is CN(CC1Cc2ccccc2O1)S(=O)(=O)c1ccc2oc(=O)ccc2c1. The van der Waals surface area contributed by atoms with E-state index in [2.05, 4.69) is 0 Å². The van der Waals surface area contributed by atoms with Crippen LogP contribution in [0.5, 0.6) is 5.75 Å². The maximum Gasteiger partial charge on any atom is 0.336 e. The van der Waals surface area contributed by atoms with Crippen molar-refractivity contribution in [1.82, 2.24) is 4.31 Å². The molecule has 6 nitrogen and oxygen atoms in total. The topological polar surface area (TPSA) is 76.8 Å². The third kappa shape index (κ3) is 3.00. The Morgan fingerprint density at radius 2 is 1.92 bits per heavy atom. The second-order valence-electron chi connectivity index (χ2n) is 6.29. The molecule has 2 aromatic carbocycles. The average Bonchev–Trinajstić information content (AvgIpc) is 3.03. The Kier molecular flexibility index (Phi) is 4.05. The Labute approximate surface area is 150 Å². The summed E-state index contributed by atoms with van der Waals surface area (Å²) in [5, 5.41) is 0.559. The molecule has 1 aromatic heterocycles. The van der Waals surface area contributed by atoms with E-state index in [1.165, 1.54) is 35.6 Å². The van der Waals surface area contributed by atoms with Crippen LogP contribution in [0.25, 0.3) is 11.0 Å². The summed E-state index contributed by atoms with van der Waals surface area (Å²) in [6.45, 7) is 0.249. The lowest BCUT2D eigenvalue weighted by molar-refractivity contribution is 0.204. The minimum Gasteiger partial charge on any atom is -0.488 e. The molecule has 26 heavy (non-hydrogen) atoms. The molecule has 0 saturated carbocycles. The van der Waals surface area contributed by atoms with Crippen LogP contribution in [0.4, 0.5) is 0 Å². The number of benzene rings is 2. The Morgan fingerprint density at radius 1 is 1.12 bits per heavy atom. The van der Waals surface area contributed by atoms with Gasteiger partial charge in [-0.1, -0.05) is 18.2 Å². The largest absolute Gasteiger partial charge is 0.488 e. The number of sulfonamides is 1. The summed E-state index contributed by atoms with van der Waals surface area (Å²) >= 11 is 0. The van der Waals surface area contributed by atoms with Gasteiger partial charge in [0.15, 0.2) is 0 Å². The van der Waals surface area contributed by atoms with Gasteiger partial charge in [0.05, 0.1) is 11.4 Å². The van der Waals surface area contributed by atoms with Gasteiger partial charge < -0.3 is 9.15 Å². The minimum atomic E-state index is -3.68. The van der Waals surface area contributed by atoms with E-state index < -0.39 is 15.6 Å². The molecule has 0 aliphatic carbocycles. The molecule has 0 amide bonds. The highest BCUT2D eigenvalue weighted by molar-refractivity contribution is 7.89. The fourth-order valence-corrected chi connectivity index (χ4v) is 4.37. The lowest BCUT2D eigenvalue weighted by Gasteiger charge is -2.21. The lowest BCUT2D eigenvalue weighted by atomic mass is 10.1. The average molecular weight is 371 g/mol. The third-order valence-electron chi connectivity index (χ3n) is 4.47. The third-order valence-corrected chi connectivity index (χ3v) is 6.29. The van der Waals surface area contributed by atoms with Gasteiger partial charge in [0.25, 0.3) is 0 Å². The highest BCUT2D eigenvalue weighted by atomic mass is 32.2. The number of para-hydroxylation sites is 1. The second kappa shape index (κ2) is 6.26. The fourth-order valence-electron chi connectivity index (χ4n) is 3.13. The van der Waals surface area contributed by atoms with Crippen molar-refractivity contribution in [3.8, 4) is 5.75 Å². The number of ether oxygens (including phenoxy) is 1. The van der Waals surface area contributed by atoms with Gasteiger partial charge >= 0.3 is 5.63 Å². The summed E-state index contributed by atoms with van der Waals surface area (Å²) in [5.41, 5.74) is 0.973. The fraction of sp³-hybridized carbons (Fsp3) is 0.211. The van der Waals surface area contributed by atoms with E-state index in [0.717, 1.165) is 11.3 Å². The normalized spacial score (nSPS) is 16.6. The molecule has 0 radical (unpaired) electrons. The molecule has 1 aliphatic rings. The van der Waals surface area contributed by atoms with Crippen molar-refractivity contribution in [3.63, 3.8) is 0 Å². The zero-order valence-electron chi connectivity index (χ0n) is 14.1. The molecule has 0 N–H and O–H groups in total. The second-order valence-corrected chi connectivity index (χ2v) is 8.34. The van der Waals surface area contributed by atoms with Gasteiger partial charge in [0.2, 0.25) is 10.0 Å². The van der Waals surface area contributed by atoms with Gasteiger partial charge in [0.1, 0.15) is 17.4 Å². The molecule has 7 heteroatoms. The van der Waals surface area contributed by atoms with Gasteiger partial charge in [-0.2, -0.15) is 4.31 Å². The van der Waals surface area contributed by atoms with E-state index in [1.807, 2.05) is 24.3 Å². The molecule has 0 saturated heterocycles. The molecule has 3 aromatic rings. The molecule has 0 bridgehead atoms. The molecule has 0 spiro atoms. The first-order valence-electron chi connectivity index (χ1n) is 8.18. The van der Waals surface area contributed by atoms with Crippen LogP contribution in [-0.2, 0) is 16.4 Å². The Bertz CT molecular complexity index is 1110. The molecule has 134 valence electrons. The number of hydrogen-bond acceptors (Lipinski definition) is 5. The molecule has 4 rings (SSSR count). The van der Waals surface area contributed by atoms with Crippen LogP contribution >= 0.6 is 0 Å². The lowest BCUT2D eigenvalue weighted by Crippen LogP contribution is -2.36. The quantitative estimate of drug-likeness (QED) is 0.658. The summed E-state index contributed by atoms with van der Waals surface area (Å²) < 4.78 is 37.9. The van der Waals surface area contributed by atoms with Crippen LogP contribution < -0.4 is 10.4 Å². The maximum absolute atomic E-state index is 12.9. The van der Waals surface area contributed by atoms with Crippen molar-refractivity contribution in [2.75, 3.05) is 13.6 Å². The van der Waals surface area contributed by atoms with E-state index in [9.17, 15) is 13.2 Å². The first-order valence-corrected chi connectivity index (χ1v) is 9.62. The molecule has 0 fully saturated rings. The van der Waals surface area contributed by atoms with E-state index in [4.69, 9.17) is 9.15 Å². The Balaban J connectivity index is 1.56. The van der Waals surface area contributed by atoms with Gasteiger partial charge in [-0.15, -0.1) is 0 Å². The summed E-state index contributed by atoms with van der Waals surface area (Å²) in [6.07, 6.45) is 0.462. The van der Waals surface area contributed by atoms with Gasteiger partial charge in [0, 0.05) is 24.9 Å². The number of rotatable bonds is 4. The Hall–Kier alpha value is -2.64. The standard InChI is InChI=1S/C19H17NO5S/c1-20(12-15-10-13-4-2-3-5-17(13)24-15)26(22,23)16-7-8-18-14(11-16)6-9-19(21)25-18/h2-9,11,15H,10,12H2,1H3. The number of nitrogens with zero attached hydrogens (tertiary/aromatic N) is 1. The summed E-state index contributed by atoms with van der Waals surface area (Å²) in [5.74, 6) is 0.809. The van der Waals surface area contributed by atoms with Crippen molar-refractivity contribution in [3.05, 3.63) is 70.6 Å². The summed E-state index contributed by atoms with van der Waals surface area (Å²) in [6, 6.07) is 15.0. The number of hydrogen-bond donors (Lipinski definition) is 0. The van der Waals surface area contributed by atoms with E-state index in [1.54, 1.807) is 6.07 Å². The highest BCUT2D eigenvalue weighted by Crippen LogP contribution is 2.29. The molecule has 1 aliphatic heterocycles. The van der Waals surface area contributed by atoms with Gasteiger partial charge in [-0.25, -0.2) is 13.2 Å². The van der Waals surface area contributed by atoms with Crippen molar-refractivity contribution in [1.29, 1.82) is 0 Å². The van der Waals surface area contributed by atoms with Crippen molar-refractivity contribution in [2.45, 2.75) is 17.4 Å². The van der Waals surface area contributed by atoms with Gasteiger partial charge in [-0.05, 0) is 35.9 Å². The smallest absolute Gasteiger partial charge is 0.336 e. The van der Waals surface area contributed by atoms with E-state index in [-0.39, 0.29) is 17.5 Å². The van der Waals surface area contributed by atoms with Crippen LogP contribution in [0.15, 0.2) is 68.7 Å². The van der Waals surface area contributed by atoms with Crippen LogP contribution in [0.2, 0.25) is 0 Å². The maximum atomic E-state index is 12.9. The van der Waals surface area contributed by atoms with E-state index >= 15 is 0 Å². The van der Waals surface area contributed by atoms with Crippen molar-refractivity contribution in [2.24, 2.45) is 0 Å². The predicted molar refractivity (Wildman–Crippen MR) is 96.9 cm³/mol. The van der Waals surface area contributed by atoms with Crippen molar-refractivity contribution >= 4 is 21.0 Å².